The van der Waals surface area contributed by atoms with Crippen LogP contribution < -0.4 is 5.32 Å². The maximum atomic E-state index is 10.9. The summed E-state index contributed by atoms with van der Waals surface area (Å²) in [6.07, 6.45) is -0.163. The third-order valence-electron chi connectivity index (χ3n) is 2.57. The van der Waals surface area contributed by atoms with Crippen molar-refractivity contribution >= 4 is 6.16 Å². The van der Waals surface area contributed by atoms with E-state index >= 15 is 0 Å². The highest BCUT2D eigenvalue weighted by Crippen LogP contribution is 2.15. The van der Waals surface area contributed by atoms with Crippen molar-refractivity contribution < 1.29 is 14.3 Å². The lowest BCUT2D eigenvalue weighted by Gasteiger charge is -2.26. The molecule has 16 heavy (non-hydrogen) atoms. The predicted molar refractivity (Wildman–Crippen MR) is 58.8 cm³/mol. The molecule has 4 nitrogen and oxygen atoms in total. The SMILES string of the molecule is C[C@@H](NC1CCOC(=O)O1)c1ccccc1. The van der Waals surface area contributed by atoms with Gasteiger partial charge < -0.3 is 9.47 Å². The van der Waals surface area contributed by atoms with Gasteiger partial charge >= 0.3 is 6.16 Å². The predicted octanol–water partition coefficient (Wildman–Crippen LogP) is 2.22. The Kier molecular flexibility index (Phi) is 3.41. The van der Waals surface area contributed by atoms with E-state index < -0.39 is 6.16 Å². The molecule has 0 aromatic heterocycles. The van der Waals surface area contributed by atoms with Crippen LogP contribution in [0.3, 0.4) is 0 Å². The van der Waals surface area contributed by atoms with Crippen LogP contribution in [0.5, 0.6) is 0 Å². The van der Waals surface area contributed by atoms with Crippen molar-refractivity contribution in [3.8, 4) is 0 Å². The van der Waals surface area contributed by atoms with E-state index in [1.54, 1.807) is 0 Å². The summed E-state index contributed by atoms with van der Waals surface area (Å²) >= 11 is 0. The minimum Gasteiger partial charge on any atom is -0.434 e. The van der Waals surface area contributed by atoms with Crippen LogP contribution in [-0.2, 0) is 9.47 Å². The summed E-state index contributed by atoms with van der Waals surface area (Å²) in [5.41, 5.74) is 1.17. The van der Waals surface area contributed by atoms with Crippen LogP contribution in [0.15, 0.2) is 30.3 Å². The number of carbonyl (C=O) groups excluding carboxylic acids is 1. The maximum Gasteiger partial charge on any atom is 0.509 e. The third-order valence-corrected chi connectivity index (χ3v) is 2.57. The first kappa shape index (κ1) is 11.0. The highest BCUT2D eigenvalue weighted by Gasteiger charge is 2.22. The Hall–Kier alpha value is -1.55. The first-order valence-electron chi connectivity index (χ1n) is 5.40. The molecule has 86 valence electrons. The van der Waals surface area contributed by atoms with Gasteiger partial charge in [0.15, 0.2) is 6.23 Å². The average molecular weight is 221 g/mol. The van der Waals surface area contributed by atoms with E-state index in [0.29, 0.717) is 13.0 Å². The zero-order valence-corrected chi connectivity index (χ0v) is 9.18. The lowest BCUT2D eigenvalue weighted by Crippen LogP contribution is -2.40. The highest BCUT2D eigenvalue weighted by atomic mass is 16.7. The molecule has 1 aromatic rings. The number of hydrogen-bond acceptors (Lipinski definition) is 4. The van der Waals surface area contributed by atoms with Crippen LogP contribution in [0.1, 0.15) is 24.9 Å². The number of rotatable bonds is 3. The van der Waals surface area contributed by atoms with Gasteiger partial charge in [0.25, 0.3) is 0 Å². The van der Waals surface area contributed by atoms with Gasteiger partial charge in [-0.05, 0) is 12.5 Å². The largest absolute Gasteiger partial charge is 0.509 e. The molecule has 0 radical (unpaired) electrons. The lowest BCUT2D eigenvalue weighted by atomic mass is 10.1. The number of carbonyl (C=O) groups is 1. The number of cyclic esters (lactones) is 2. The van der Waals surface area contributed by atoms with Gasteiger partial charge in [0, 0.05) is 12.5 Å². The fourth-order valence-electron chi connectivity index (χ4n) is 1.69. The van der Waals surface area contributed by atoms with Crippen LogP contribution in [0.4, 0.5) is 4.79 Å². The first-order chi connectivity index (χ1) is 7.75. The van der Waals surface area contributed by atoms with E-state index in [1.807, 2.05) is 37.3 Å². The Labute approximate surface area is 94.6 Å². The molecule has 0 aliphatic carbocycles. The second-order valence-corrected chi connectivity index (χ2v) is 3.79. The number of nitrogens with one attached hydrogen (secondary N) is 1. The van der Waals surface area contributed by atoms with Gasteiger partial charge in [-0.1, -0.05) is 30.3 Å². The summed E-state index contributed by atoms with van der Waals surface area (Å²) in [7, 11) is 0. The molecule has 0 spiro atoms. The zero-order chi connectivity index (χ0) is 11.4. The summed E-state index contributed by atoms with van der Waals surface area (Å²) < 4.78 is 9.70. The summed E-state index contributed by atoms with van der Waals surface area (Å²) in [4.78, 5) is 10.9. The lowest BCUT2D eigenvalue weighted by molar-refractivity contribution is -0.0383. The summed E-state index contributed by atoms with van der Waals surface area (Å²) in [6.45, 7) is 2.46. The second-order valence-electron chi connectivity index (χ2n) is 3.79. The molecule has 0 bridgehead atoms. The minimum absolute atomic E-state index is 0.150. The Morgan fingerprint density at radius 2 is 2.12 bits per heavy atom. The van der Waals surface area contributed by atoms with Gasteiger partial charge in [-0.25, -0.2) is 4.79 Å². The summed E-state index contributed by atoms with van der Waals surface area (Å²) in [5.74, 6) is 0. The fraction of sp³-hybridized carbons (Fsp3) is 0.417. The topological polar surface area (TPSA) is 47.6 Å². The van der Waals surface area contributed by atoms with Gasteiger partial charge in [-0.2, -0.15) is 0 Å². The van der Waals surface area contributed by atoms with E-state index in [9.17, 15) is 4.79 Å². The normalized spacial score (nSPS) is 22.1. The van der Waals surface area contributed by atoms with Gasteiger partial charge in [-0.15, -0.1) is 0 Å². The molecule has 1 aliphatic rings. The molecule has 1 saturated heterocycles. The van der Waals surface area contributed by atoms with Crippen molar-refractivity contribution in [3.05, 3.63) is 35.9 Å². The van der Waals surface area contributed by atoms with Crippen molar-refractivity contribution in [1.82, 2.24) is 5.32 Å². The van der Waals surface area contributed by atoms with Crippen molar-refractivity contribution in [2.24, 2.45) is 0 Å². The zero-order valence-electron chi connectivity index (χ0n) is 9.18. The minimum atomic E-state index is -0.594. The van der Waals surface area contributed by atoms with Crippen LogP contribution in [-0.4, -0.2) is 19.0 Å². The number of hydrogen-bond donors (Lipinski definition) is 1. The van der Waals surface area contributed by atoms with E-state index in [1.165, 1.54) is 5.56 Å². The van der Waals surface area contributed by atoms with Crippen molar-refractivity contribution in [3.63, 3.8) is 0 Å². The average Bonchev–Trinajstić information content (AvgIpc) is 2.30. The third kappa shape index (κ3) is 2.73. The Balaban J connectivity index is 1.92. The molecule has 1 heterocycles. The molecule has 2 rings (SSSR count). The molecule has 4 heteroatoms. The Morgan fingerprint density at radius 1 is 1.38 bits per heavy atom. The second kappa shape index (κ2) is 4.99. The van der Waals surface area contributed by atoms with Crippen LogP contribution in [0, 0.1) is 0 Å². The van der Waals surface area contributed by atoms with Crippen molar-refractivity contribution in [2.75, 3.05) is 6.61 Å². The van der Waals surface area contributed by atoms with Crippen LogP contribution in [0.25, 0.3) is 0 Å². The quantitative estimate of drug-likeness (QED) is 0.795. The summed E-state index contributed by atoms with van der Waals surface area (Å²) in [5, 5.41) is 3.24. The molecular weight excluding hydrogens is 206 g/mol. The maximum absolute atomic E-state index is 10.9. The van der Waals surface area contributed by atoms with E-state index in [0.717, 1.165) is 0 Å². The molecule has 0 saturated carbocycles. The molecule has 0 amide bonds. The number of benzene rings is 1. The first-order valence-corrected chi connectivity index (χ1v) is 5.40. The smallest absolute Gasteiger partial charge is 0.434 e. The molecule has 1 aliphatic heterocycles. The fourth-order valence-corrected chi connectivity index (χ4v) is 1.69. The van der Waals surface area contributed by atoms with Gasteiger partial charge in [-0.3, -0.25) is 5.32 Å². The molecule has 2 atom stereocenters. The van der Waals surface area contributed by atoms with Crippen molar-refractivity contribution in [2.45, 2.75) is 25.6 Å². The molecule has 1 aromatic carbocycles. The molecule has 1 fully saturated rings. The Morgan fingerprint density at radius 3 is 2.81 bits per heavy atom. The monoisotopic (exact) mass is 221 g/mol. The molecule has 1 N–H and O–H groups in total. The number of ether oxygens (including phenoxy) is 2. The van der Waals surface area contributed by atoms with Gasteiger partial charge in [0.1, 0.15) is 0 Å². The van der Waals surface area contributed by atoms with Crippen molar-refractivity contribution in [1.29, 1.82) is 0 Å². The van der Waals surface area contributed by atoms with Crippen LogP contribution in [0.2, 0.25) is 0 Å². The molecular formula is C12H15NO3. The standard InChI is InChI=1S/C12H15NO3/c1-9(10-5-3-2-4-6-10)13-11-7-8-15-12(14)16-11/h2-6,9,11,13H,7-8H2,1H3/t9-,11?/m1/s1. The van der Waals surface area contributed by atoms with E-state index in [-0.39, 0.29) is 12.3 Å². The highest BCUT2D eigenvalue weighted by molar-refractivity contribution is 5.60. The van der Waals surface area contributed by atoms with Crippen LogP contribution >= 0.6 is 0 Å². The van der Waals surface area contributed by atoms with Gasteiger partial charge in [0.05, 0.1) is 6.61 Å². The van der Waals surface area contributed by atoms with Gasteiger partial charge in [0.2, 0.25) is 0 Å². The van der Waals surface area contributed by atoms with E-state index in [2.05, 4.69) is 5.32 Å². The molecule has 1 unspecified atom stereocenters. The Bertz CT molecular complexity index is 353. The van der Waals surface area contributed by atoms with E-state index in [4.69, 9.17) is 9.47 Å². The summed E-state index contributed by atoms with van der Waals surface area (Å²) in [6, 6.07) is 10.2.